The predicted molar refractivity (Wildman–Crippen MR) is 138 cm³/mol. The summed E-state index contributed by atoms with van der Waals surface area (Å²) < 4.78 is 21.7. The van der Waals surface area contributed by atoms with Crippen LogP contribution in [-0.4, -0.2) is 69.3 Å². The van der Waals surface area contributed by atoms with Crippen molar-refractivity contribution in [3.63, 3.8) is 0 Å². The van der Waals surface area contributed by atoms with Crippen LogP contribution < -0.4 is 29.4 Å². The van der Waals surface area contributed by atoms with Gasteiger partial charge < -0.3 is 44.4 Å². The summed E-state index contributed by atoms with van der Waals surface area (Å²) in [5.41, 5.74) is 3.67. The van der Waals surface area contributed by atoms with E-state index in [0.717, 1.165) is 6.54 Å². The number of methoxy groups -OCH3 is 3. The van der Waals surface area contributed by atoms with E-state index in [1.807, 2.05) is 0 Å². The highest BCUT2D eigenvalue weighted by atomic mass is 32.1. The monoisotopic (exact) mass is 551 g/mol. The Balaban J connectivity index is 0.000000717. The summed E-state index contributed by atoms with van der Waals surface area (Å²) in [5.74, 6) is -1.93. The lowest BCUT2D eigenvalue weighted by Gasteiger charge is -2.16. The number of benzene rings is 1. The van der Waals surface area contributed by atoms with Crippen LogP contribution in [0.15, 0.2) is 51.9 Å². The number of aliphatic hydroxyl groups excluding tert-OH is 1. The van der Waals surface area contributed by atoms with Gasteiger partial charge in [0.25, 0.3) is 0 Å². The molecule has 2 aromatic heterocycles. The number of nitrogens with two attached hydrogens (primary N) is 1. The zero-order valence-corrected chi connectivity index (χ0v) is 22.2. The van der Waals surface area contributed by atoms with Crippen LogP contribution in [0.5, 0.6) is 23.0 Å². The van der Waals surface area contributed by atoms with E-state index in [0.29, 0.717) is 29.5 Å². The summed E-state index contributed by atoms with van der Waals surface area (Å²) >= 11 is 3.38. The minimum absolute atomic E-state index is 0.167. The van der Waals surface area contributed by atoms with E-state index < -0.39 is 18.0 Å². The first-order valence-corrected chi connectivity index (χ1v) is 12.8. The maximum Gasteiger partial charge on any atom is 0.351 e. The molecule has 0 saturated heterocycles. The number of thiophene rings is 2. The third-order valence-corrected chi connectivity index (χ3v) is 6.21. The van der Waals surface area contributed by atoms with Gasteiger partial charge in [0.2, 0.25) is 5.75 Å². The number of carbonyl (C=O) groups is 2. The SMILES string of the molecule is COc1cc(OCC(O)C[NH2+]CC=C(c2ccsc2)c2ccsc2)cc(OC)c1OC.O=C([O-])C(=O)O. The first kappa shape index (κ1) is 29.6. The van der Waals surface area contributed by atoms with Gasteiger partial charge in [0.1, 0.15) is 25.0 Å². The van der Waals surface area contributed by atoms with Crippen LogP contribution in [-0.2, 0) is 9.59 Å². The third kappa shape index (κ3) is 9.42. The summed E-state index contributed by atoms with van der Waals surface area (Å²) in [5, 5.41) is 37.2. The summed E-state index contributed by atoms with van der Waals surface area (Å²) in [7, 11) is 4.66. The molecule has 0 amide bonds. The van der Waals surface area contributed by atoms with Crippen molar-refractivity contribution >= 4 is 40.2 Å². The molecule has 4 N–H and O–H groups in total. The lowest BCUT2D eigenvalue weighted by atomic mass is 10.0. The highest BCUT2D eigenvalue weighted by Crippen LogP contribution is 2.40. The van der Waals surface area contributed by atoms with Crippen molar-refractivity contribution in [3.8, 4) is 23.0 Å². The minimum atomic E-state index is -2.07. The van der Waals surface area contributed by atoms with Crippen LogP contribution in [0.4, 0.5) is 0 Å². The average molecular weight is 552 g/mol. The first-order chi connectivity index (χ1) is 17.8. The number of aliphatic carboxylic acids is 2. The molecule has 0 saturated carbocycles. The molecule has 1 unspecified atom stereocenters. The smallest absolute Gasteiger partial charge is 0.351 e. The molecule has 0 radical (unpaired) electrons. The van der Waals surface area contributed by atoms with Crippen molar-refractivity contribution in [1.29, 1.82) is 0 Å². The van der Waals surface area contributed by atoms with Crippen LogP contribution >= 0.6 is 22.7 Å². The Hall–Kier alpha value is -3.58. The molecule has 200 valence electrons. The Bertz CT molecular complexity index is 1070. The van der Waals surface area contributed by atoms with Crippen LogP contribution in [0.3, 0.4) is 0 Å². The second-order valence-corrected chi connectivity index (χ2v) is 8.88. The number of hydrogen-bond donors (Lipinski definition) is 3. The zero-order chi connectivity index (χ0) is 27.2. The third-order valence-electron chi connectivity index (χ3n) is 4.85. The molecule has 12 heteroatoms. The maximum atomic E-state index is 10.3. The molecular formula is C25H29NO9S2. The fraction of sp³-hybridized carbons (Fsp3) is 0.280. The van der Waals surface area contributed by atoms with E-state index >= 15 is 0 Å². The number of quaternary nitrogens is 1. The Morgan fingerprint density at radius 1 is 1.03 bits per heavy atom. The highest BCUT2D eigenvalue weighted by Gasteiger charge is 2.15. The van der Waals surface area contributed by atoms with E-state index in [9.17, 15) is 5.11 Å². The normalized spacial score (nSPS) is 10.9. The van der Waals surface area contributed by atoms with Gasteiger partial charge >= 0.3 is 5.97 Å². The van der Waals surface area contributed by atoms with Gasteiger partial charge in [-0.05, 0) is 56.4 Å². The number of hydrogen-bond acceptors (Lipinski definition) is 10. The molecule has 37 heavy (non-hydrogen) atoms. The van der Waals surface area contributed by atoms with E-state index in [2.05, 4.69) is 45.0 Å². The Morgan fingerprint density at radius 3 is 1.97 bits per heavy atom. The fourth-order valence-corrected chi connectivity index (χ4v) is 4.44. The maximum absolute atomic E-state index is 10.3. The second-order valence-electron chi connectivity index (χ2n) is 7.32. The summed E-state index contributed by atoms with van der Waals surface area (Å²) in [6, 6.07) is 7.70. The Labute approximate surface area is 222 Å². The average Bonchev–Trinajstić information content (AvgIpc) is 3.62. The number of rotatable bonds is 12. The number of ether oxygens (including phenoxy) is 4. The molecule has 0 aliphatic rings. The van der Waals surface area contributed by atoms with Gasteiger partial charge in [0.15, 0.2) is 17.5 Å². The van der Waals surface area contributed by atoms with Crippen molar-refractivity contribution in [2.24, 2.45) is 0 Å². The molecule has 0 aliphatic carbocycles. The van der Waals surface area contributed by atoms with Crippen molar-refractivity contribution in [2.75, 3.05) is 41.0 Å². The molecule has 10 nitrogen and oxygen atoms in total. The standard InChI is InChI=1S/C23H27NO5S2.C2H2O4/c1-26-21-10-19(11-22(27-2)23(21)28-3)29-13-18(25)12-24-7-4-20(16-5-8-30-14-16)17-6-9-31-15-17;3-1(4)2(5)6/h4-6,8-11,14-15,18,24-25H,7,12-13H2,1-3H3;(H,3,4)(H,5,6). The number of carbonyl (C=O) groups excluding carboxylic acids is 1. The van der Waals surface area contributed by atoms with Crippen LogP contribution in [0.25, 0.3) is 5.57 Å². The lowest BCUT2D eigenvalue weighted by molar-refractivity contribution is -0.652. The first-order valence-electron chi connectivity index (χ1n) is 10.9. The van der Waals surface area contributed by atoms with Gasteiger partial charge in [0.05, 0.1) is 27.9 Å². The molecule has 0 aliphatic heterocycles. The highest BCUT2D eigenvalue weighted by molar-refractivity contribution is 7.08. The van der Waals surface area contributed by atoms with Crippen molar-refractivity contribution in [3.05, 3.63) is 63.0 Å². The largest absolute Gasteiger partial charge is 0.539 e. The number of aliphatic hydroxyl groups is 1. The van der Waals surface area contributed by atoms with Crippen LogP contribution in [0.2, 0.25) is 0 Å². The summed E-state index contributed by atoms with van der Waals surface area (Å²) in [6.07, 6.45) is 1.59. The molecule has 0 spiro atoms. The van der Waals surface area contributed by atoms with Crippen molar-refractivity contribution in [2.45, 2.75) is 6.10 Å². The minimum Gasteiger partial charge on any atom is -0.539 e. The molecule has 3 aromatic rings. The molecule has 3 rings (SSSR count). The second kappa shape index (κ2) is 15.5. The number of carboxylic acid groups (broad SMARTS) is 2. The van der Waals surface area contributed by atoms with Gasteiger partial charge in [-0.3, -0.25) is 0 Å². The van der Waals surface area contributed by atoms with Gasteiger partial charge in [-0.15, -0.1) is 0 Å². The summed E-state index contributed by atoms with van der Waals surface area (Å²) in [6.45, 7) is 1.46. The van der Waals surface area contributed by atoms with Gasteiger partial charge in [0, 0.05) is 12.1 Å². The lowest BCUT2D eigenvalue weighted by Crippen LogP contribution is -2.86. The Morgan fingerprint density at radius 2 is 1.57 bits per heavy atom. The van der Waals surface area contributed by atoms with E-state index in [-0.39, 0.29) is 6.61 Å². The molecule has 0 fully saturated rings. The van der Waals surface area contributed by atoms with Gasteiger partial charge in [-0.1, -0.05) is 0 Å². The molecule has 0 bridgehead atoms. The van der Waals surface area contributed by atoms with E-state index in [1.54, 1.807) is 56.1 Å². The summed E-state index contributed by atoms with van der Waals surface area (Å²) in [4.78, 5) is 18.0. The van der Waals surface area contributed by atoms with Crippen LogP contribution in [0, 0.1) is 0 Å². The zero-order valence-electron chi connectivity index (χ0n) is 20.5. The molecule has 1 aromatic carbocycles. The van der Waals surface area contributed by atoms with E-state index in [4.69, 9.17) is 38.7 Å². The Kier molecular flexibility index (Phi) is 12.4. The fourth-order valence-electron chi connectivity index (χ4n) is 3.13. The predicted octanol–water partition coefficient (Wildman–Crippen LogP) is 1.09. The van der Waals surface area contributed by atoms with Crippen LogP contribution in [0.1, 0.15) is 11.1 Å². The quantitative estimate of drug-likeness (QED) is 0.222. The molecular weight excluding hydrogens is 522 g/mol. The number of carboxylic acids is 2. The van der Waals surface area contributed by atoms with Gasteiger partial charge in [-0.2, -0.15) is 22.7 Å². The van der Waals surface area contributed by atoms with Crippen molar-refractivity contribution in [1.82, 2.24) is 0 Å². The molecule has 1 atom stereocenters. The van der Waals surface area contributed by atoms with Gasteiger partial charge in [-0.25, -0.2) is 4.79 Å². The molecule has 2 heterocycles. The van der Waals surface area contributed by atoms with Crippen molar-refractivity contribution < 1.29 is 49.2 Å². The topological polar surface area (TPSA) is 151 Å². The van der Waals surface area contributed by atoms with E-state index in [1.165, 1.54) is 16.7 Å².